The molecule has 0 bridgehead atoms. The van der Waals surface area contributed by atoms with Crippen LogP contribution in [-0.4, -0.2) is 59.2 Å². The summed E-state index contributed by atoms with van der Waals surface area (Å²) < 4.78 is 33.0. The summed E-state index contributed by atoms with van der Waals surface area (Å²) in [6.07, 6.45) is 12.4. The molecule has 1 saturated carbocycles. The molecular formula is C45H62O7. The molecule has 3 aromatic carbocycles. The van der Waals surface area contributed by atoms with Gasteiger partial charge >= 0.3 is 0 Å². The summed E-state index contributed by atoms with van der Waals surface area (Å²) in [6.45, 7) is 5.11. The molecule has 2 fully saturated rings. The van der Waals surface area contributed by atoms with Crippen LogP contribution in [0.5, 0.6) is 0 Å². The minimum absolute atomic E-state index is 0.183. The molecule has 0 radical (unpaired) electrons. The van der Waals surface area contributed by atoms with Gasteiger partial charge in [0.05, 0.1) is 38.1 Å². The zero-order chi connectivity index (χ0) is 36.4. The summed E-state index contributed by atoms with van der Waals surface area (Å²) >= 11 is 0. The molecule has 284 valence electrons. The Labute approximate surface area is 312 Å². The molecule has 1 aliphatic carbocycles. The van der Waals surface area contributed by atoms with E-state index < -0.39 is 36.3 Å². The third kappa shape index (κ3) is 13.8. The van der Waals surface area contributed by atoms with Gasteiger partial charge in [-0.25, -0.2) is 0 Å². The second-order valence-corrected chi connectivity index (χ2v) is 15.2. The summed E-state index contributed by atoms with van der Waals surface area (Å²) in [4.78, 5) is 0. The van der Waals surface area contributed by atoms with E-state index in [0.29, 0.717) is 25.7 Å². The van der Waals surface area contributed by atoms with Gasteiger partial charge in [-0.2, -0.15) is 0 Å². The molecular weight excluding hydrogens is 652 g/mol. The maximum absolute atomic E-state index is 12.1. The monoisotopic (exact) mass is 714 g/mol. The first-order valence-corrected chi connectivity index (χ1v) is 19.7. The van der Waals surface area contributed by atoms with Crippen LogP contribution in [0.3, 0.4) is 0 Å². The number of aliphatic hydroxyl groups excluding tert-OH is 1. The van der Waals surface area contributed by atoms with Gasteiger partial charge in [0.25, 0.3) is 0 Å². The Bertz CT molecular complexity index is 1390. The molecule has 1 heterocycles. The van der Waals surface area contributed by atoms with Crippen molar-refractivity contribution < 1.29 is 33.9 Å². The molecule has 6 atom stereocenters. The van der Waals surface area contributed by atoms with Crippen molar-refractivity contribution in [3.63, 3.8) is 0 Å². The van der Waals surface area contributed by atoms with Crippen LogP contribution in [0, 0.1) is 5.92 Å². The van der Waals surface area contributed by atoms with Crippen molar-refractivity contribution in [2.75, 3.05) is 6.61 Å². The summed E-state index contributed by atoms with van der Waals surface area (Å²) in [5, 5.41) is 22.1. The highest BCUT2D eigenvalue weighted by Gasteiger charge is 2.48. The van der Waals surface area contributed by atoms with Crippen molar-refractivity contribution in [1.82, 2.24) is 0 Å². The van der Waals surface area contributed by atoms with Gasteiger partial charge in [-0.05, 0) is 68.6 Å². The van der Waals surface area contributed by atoms with Crippen LogP contribution in [0.4, 0.5) is 0 Å². The number of allylic oxidation sites excluding steroid dienone is 1. The van der Waals surface area contributed by atoms with E-state index in [1.165, 1.54) is 19.3 Å². The molecule has 0 aromatic heterocycles. The van der Waals surface area contributed by atoms with Gasteiger partial charge in [-0.3, -0.25) is 0 Å². The Balaban J connectivity index is 1.32. The molecule has 1 unspecified atom stereocenters. The second-order valence-electron chi connectivity index (χ2n) is 15.2. The van der Waals surface area contributed by atoms with E-state index in [2.05, 4.69) is 12.2 Å². The number of hydrogen-bond acceptors (Lipinski definition) is 7. The lowest BCUT2D eigenvalue weighted by Gasteiger charge is -2.45. The number of aliphatic hydroxyl groups is 2. The molecule has 1 saturated heterocycles. The summed E-state index contributed by atoms with van der Waals surface area (Å²) in [5.41, 5.74) is 2.52. The van der Waals surface area contributed by atoms with Gasteiger partial charge in [0, 0.05) is 0 Å². The van der Waals surface area contributed by atoms with Crippen molar-refractivity contribution in [1.29, 1.82) is 0 Å². The van der Waals surface area contributed by atoms with Gasteiger partial charge in [-0.1, -0.05) is 142 Å². The van der Waals surface area contributed by atoms with Gasteiger partial charge in [0.2, 0.25) is 0 Å². The Morgan fingerprint density at radius 1 is 0.731 bits per heavy atom. The third-order valence-corrected chi connectivity index (χ3v) is 10.2. The number of unbranched alkanes of at least 4 members (excludes halogenated alkanes) is 4. The first-order chi connectivity index (χ1) is 25.4. The van der Waals surface area contributed by atoms with Crippen LogP contribution in [0.15, 0.2) is 103 Å². The average molecular weight is 715 g/mol. The lowest BCUT2D eigenvalue weighted by molar-refractivity contribution is -0.327. The van der Waals surface area contributed by atoms with Crippen LogP contribution < -0.4 is 0 Å². The topological polar surface area (TPSA) is 86.6 Å². The van der Waals surface area contributed by atoms with Crippen LogP contribution >= 0.6 is 0 Å². The van der Waals surface area contributed by atoms with E-state index in [-0.39, 0.29) is 12.7 Å². The van der Waals surface area contributed by atoms with Gasteiger partial charge < -0.3 is 33.9 Å². The van der Waals surface area contributed by atoms with Crippen LogP contribution in [0.25, 0.3) is 0 Å². The van der Waals surface area contributed by atoms with E-state index >= 15 is 0 Å². The molecule has 2 aliphatic rings. The van der Waals surface area contributed by atoms with Crippen molar-refractivity contribution in [2.24, 2.45) is 5.92 Å². The maximum Gasteiger partial charge on any atom is 0.187 e. The number of benzene rings is 3. The Kier molecular flexibility index (Phi) is 16.8. The summed E-state index contributed by atoms with van der Waals surface area (Å²) in [5.74, 6) is 0.358. The van der Waals surface area contributed by atoms with Crippen molar-refractivity contribution in [3.05, 3.63) is 120 Å². The molecule has 0 amide bonds. The lowest BCUT2D eigenvalue weighted by atomic mass is 9.85. The van der Waals surface area contributed by atoms with Crippen LogP contribution in [0.1, 0.15) is 101 Å². The molecule has 1 aliphatic heterocycles. The van der Waals surface area contributed by atoms with Crippen LogP contribution in [-0.2, 0) is 43.5 Å². The van der Waals surface area contributed by atoms with E-state index in [1.54, 1.807) is 0 Å². The third-order valence-electron chi connectivity index (χ3n) is 10.2. The minimum atomic E-state index is -1.08. The van der Waals surface area contributed by atoms with Gasteiger partial charge in [0.1, 0.15) is 24.4 Å². The van der Waals surface area contributed by atoms with Gasteiger partial charge in [-0.15, -0.1) is 0 Å². The Morgan fingerprint density at radius 2 is 1.29 bits per heavy atom. The highest BCUT2D eigenvalue weighted by atomic mass is 16.7. The number of rotatable bonds is 21. The second kappa shape index (κ2) is 21.7. The molecule has 7 heteroatoms. The standard InChI is InChI=1S/C45H62O7/c1-45(2,47)30-20-6-4-3-5-19-29-39(38-27-17-10-18-28-38)51-44-41(46)43(50-33-37-25-15-9-16-26-37)42(49-32-36-23-13-8-14-24-36)40(52-44)34-48-31-35-21-11-7-12-22-35/h7-9,11-16,19,21-26,29,38-44,46-47H,3-6,10,17-18,20,27-28,30-34H2,1-2H3/b29-19-/t39?,40-,41-,42-,43-,44+/m1/s1. The van der Waals surface area contributed by atoms with E-state index in [0.717, 1.165) is 68.1 Å². The Hall–Kier alpha value is -2.88. The van der Waals surface area contributed by atoms with E-state index in [4.69, 9.17) is 23.7 Å². The van der Waals surface area contributed by atoms with Crippen molar-refractivity contribution in [2.45, 2.75) is 147 Å². The number of ether oxygens (including phenoxy) is 5. The largest absolute Gasteiger partial charge is 0.390 e. The van der Waals surface area contributed by atoms with Crippen molar-refractivity contribution in [3.8, 4) is 0 Å². The van der Waals surface area contributed by atoms with Gasteiger partial charge in [0.15, 0.2) is 6.29 Å². The smallest absolute Gasteiger partial charge is 0.187 e. The molecule has 0 spiro atoms. The first kappa shape index (κ1) is 40.3. The van der Waals surface area contributed by atoms with Crippen LogP contribution in [0.2, 0.25) is 0 Å². The maximum atomic E-state index is 12.1. The quantitative estimate of drug-likeness (QED) is 0.0841. The zero-order valence-corrected chi connectivity index (χ0v) is 31.4. The average Bonchev–Trinajstić information content (AvgIpc) is 3.16. The fraction of sp³-hybridized carbons (Fsp3) is 0.556. The molecule has 3 aromatic rings. The van der Waals surface area contributed by atoms with E-state index in [9.17, 15) is 10.2 Å². The highest BCUT2D eigenvalue weighted by Crippen LogP contribution is 2.34. The highest BCUT2D eigenvalue weighted by molar-refractivity contribution is 5.15. The predicted octanol–water partition coefficient (Wildman–Crippen LogP) is 9.09. The molecule has 7 nitrogen and oxygen atoms in total. The predicted molar refractivity (Wildman–Crippen MR) is 205 cm³/mol. The fourth-order valence-corrected chi connectivity index (χ4v) is 7.27. The van der Waals surface area contributed by atoms with Crippen molar-refractivity contribution >= 4 is 0 Å². The minimum Gasteiger partial charge on any atom is -0.390 e. The zero-order valence-electron chi connectivity index (χ0n) is 31.4. The normalized spacial score (nSPS) is 23.6. The molecule has 52 heavy (non-hydrogen) atoms. The molecule has 2 N–H and O–H groups in total. The SMILES string of the molecule is CC(C)(O)CCCCCC/C=C\C(O[C@H]1O[C@H](COCc2ccccc2)[C@@H](OCc2ccccc2)[C@H](OCc2ccccc2)[C@H]1O)C1CCCCC1. The fourth-order valence-electron chi connectivity index (χ4n) is 7.27. The summed E-state index contributed by atoms with van der Waals surface area (Å²) in [7, 11) is 0. The van der Waals surface area contributed by atoms with E-state index in [1.807, 2.05) is 105 Å². The molecule has 5 rings (SSSR count). The summed E-state index contributed by atoms with van der Waals surface area (Å²) in [6, 6.07) is 30.2. The first-order valence-electron chi connectivity index (χ1n) is 19.7. The Morgan fingerprint density at radius 3 is 1.88 bits per heavy atom. The number of hydrogen-bond donors (Lipinski definition) is 2. The lowest BCUT2D eigenvalue weighted by Crippen LogP contribution is -2.61.